The van der Waals surface area contributed by atoms with Crippen molar-refractivity contribution >= 4 is 17.6 Å². The lowest BCUT2D eigenvalue weighted by molar-refractivity contribution is -0.147. The lowest BCUT2D eigenvalue weighted by Gasteiger charge is -2.13. The van der Waals surface area contributed by atoms with Gasteiger partial charge in [-0.2, -0.15) is 4.98 Å². The molecule has 0 spiro atoms. The van der Waals surface area contributed by atoms with Gasteiger partial charge in [-0.15, -0.1) is 0 Å². The highest BCUT2D eigenvalue weighted by molar-refractivity contribution is 5.94. The molecule has 0 radical (unpaired) electrons. The number of esters is 1. The van der Waals surface area contributed by atoms with Gasteiger partial charge >= 0.3 is 5.97 Å². The van der Waals surface area contributed by atoms with Crippen molar-refractivity contribution in [1.29, 1.82) is 0 Å². The summed E-state index contributed by atoms with van der Waals surface area (Å²) in [7, 11) is 0. The van der Waals surface area contributed by atoms with E-state index in [9.17, 15) is 14.0 Å². The molecule has 0 aliphatic rings. The van der Waals surface area contributed by atoms with Gasteiger partial charge in [0.25, 0.3) is 5.91 Å². The van der Waals surface area contributed by atoms with E-state index in [1.54, 1.807) is 18.2 Å². The standard InChI is InChI=1S/C23H24FN3O6/c1-3-30-17-9-10-19(31-4-2)18(13-17)25-20(28)14-32-22(29)12-11-21-26-23(27-33-21)15-5-7-16(24)8-6-15/h5-10,13H,3-4,11-12,14H2,1-2H3,(H,25,28). The van der Waals surface area contributed by atoms with E-state index in [1.165, 1.54) is 24.3 Å². The van der Waals surface area contributed by atoms with Gasteiger partial charge in [-0.05, 0) is 50.2 Å². The first-order chi connectivity index (χ1) is 16.0. The summed E-state index contributed by atoms with van der Waals surface area (Å²) in [5.74, 6) is 0.0863. The molecule has 10 heteroatoms. The number of ether oxygens (including phenoxy) is 3. The molecule has 3 aromatic rings. The van der Waals surface area contributed by atoms with Gasteiger partial charge in [0.05, 0.1) is 25.3 Å². The minimum absolute atomic E-state index is 0.0532. The number of nitrogens with zero attached hydrogens (tertiary/aromatic N) is 2. The summed E-state index contributed by atoms with van der Waals surface area (Å²) in [4.78, 5) is 28.4. The molecule has 33 heavy (non-hydrogen) atoms. The molecule has 2 aromatic carbocycles. The molecular weight excluding hydrogens is 433 g/mol. The zero-order valence-corrected chi connectivity index (χ0v) is 18.3. The Labute approximate surface area is 189 Å². The molecule has 1 heterocycles. The zero-order valence-electron chi connectivity index (χ0n) is 18.3. The Morgan fingerprint density at radius 3 is 2.55 bits per heavy atom. The van der Waals surface area contributed by atoms with Crippen LogP contribution in [0, 0.1) is 5.82 Å². The van der Waals surface area contributed by atoms with E-state index in [4.69, 9.17) is 18.7 Å². The number of nitrogens with one attached hydrogen (secondary N) is 1. The Morgan fingerprint density at radius 2 is 1.82 bits per heavy atom. The first kappa shape index (κ1) is 23.7. The molecule has 1 amide bonds. The zero-order chi connectivity index (χ0) is 23.6. The van der Waals surface area contributed by atoms with Gasteiger partial charge in [-0.3, -0.25) is 9.59 Å². The summed E-state index contributed by atoms with van der Waals surface area (Å²) in [6.07, 6.45) is 0.0852. The molecule has 0 fully saturated rings. The summed E-state index contributed by atoms with van der Waals surface area (Å²) in [6.45, 7) is 4.12. The number of rotatable bonds is 11. The quantitative estimate of drug-likeness (QED) is 0.433. The van der Waals surface area contributed by atoms with Gasteiger partial charge < -0.3 is 24.1 Å². The summed E-state index contributed by atoms with van der Waals surface area (Å²) in [5, 5.41) is 6.47. The molecule has 0 bridgehead atoms. The highest BCUT2D eigenvalue weighted by Crippen LogP contribution is 2.29. The van der Waals surface area contributed by atoms with Crippen LogP contribution in [0.1, 0.15) is 26.2 Å². The molecule has 0 unspecified atom stereocenters. The van der Waals surface area contributed by atoms with Gasteiger partial charge in [0.2, 0.25) is 11.7 Å². The van der Waals surface area contributed by atoms with Crippen LogP contribution in [0.3, 0.4) is 0 Å². The summed E-state index contributed by atoms with van der Waals surface area (Å²) in [6, 6.07) is 10.7. The molecule has 0 saturated heterocycles. The summed E-state index contributed by atoms with van der Waals surface area (Å²) >= 11 is 0. The SMILES string of the molecule is CCOc1ccc(OCC)c(NC(=O)COC(=O)CCc2nc(-c3ccc(F)cc3)no2)c1. The smallest absolute Gasteiger partial charge is 0.306 e. The first-order valence-corrected chi connectivity index (χ1v) is 10.4. The van der Waals surface area contributed by atoms with Crippen molar-refractivity contribution in [2.75, 3.05) is 25.1 Å². The van der Waals surface area contributed by atoms with Crippen molar-refractivity contribution in [3.63, 3.8) is 0 Å². The van der Waals surface area contributed by atoms with Crippen LogP contribution in [-0.4, -0.2) is 41.8 Å². The van der Waals surface area contributed by atoms with Gasteiger partial charge in [-0.25, -0.2) is 4.39 Å². The molecule has 0 atom stereocenters. The Balaban J connectivity index is 1.48. The van der Waals surface area contributed by atoms with E-state index in [2.05, 4.69) is 15.5 Å². The Bertz CT molecular complexity index is 1080. The Kier molecular flexibility index (Phi) is 8.34. The van der Waals surface area contributed by atoms with Crippen molar-refractivity contribution in [3.05, 3.63) is 54.2 Å². The molecule has 9 nitrogen and oxygen atoms in total. The monoisotopic (exact) mass is 457 g/mol. The molecule has 1 N–H and O–H groups in total. The van der Waals surface area contributed by atoms with Crippen LogP contribution < -0.4 is 14.8 Å². The number of carbonyl (C=O) groups excluding carboxylic acids is 2. The minimum atomic E-state index is -0.597. The van der Waals surface area contributed by atoms with E-state index in [-0.39, 0.29) is 30.4 Å². The third-order valence-corrected chi connectivity index (χ3v) is 4.31. The van der Waals surface area contributed by atoms with Crippen LogP contribution in [0.25, 0.3) is 11.4 Å². The second-order valence-electron chi connectivity index (χ2n) is 6.75. The largest absolute Gasteiger partial charge is 0.494 e. The number of amides is 1. The minimum Gasteiger partial charge on any atom is -0.494 e. The predicted molar refractivity (Wildman–Crippen MR) is 116 cm³/mol. The number of anilines is 1. The van der Waals surface area contributed by atoms with Crippen molar-refractivity contribution < 1.29 is 32.7 Å². The van der Waals surface area contributed by atoms with E-state index in [1.807, 2.05) is 13.8 Å². The maximum atomic E-state index is 13.0. The number of carbonyl (C=O) groups is 2. The average Bonchev–Trinajstić information content (AvgIpc) is 3.28. The predicted octanol–water partition coefficient (Wildman–Crippen LogP) is 3.79. The highest BCUT2D eigenvalue weighted by Gasteiger charge is 2.14. The third kappa shape index (κ3) is 7.03. The van der Waals surface area contributed by atoms with E-state index in [0.717, 1.165) is 0 Å². The second-order valence-corrected chi connectivity index (χ2v) is 6.75. The number of aryl methyl sites for hydroxylation is 1. The molecule has 1 aromatic heterocycles. The molecule has 0 aliphatic carbocycles. The van der Waals surface area contributed by atoms with Crippen molar-refractivity contribution in [1.82, 2.24) is 10.1 Å². The fourth-order valence-corrected chi connectivity index (χ4v) is 2.83. The number of benzene rings is 2. The summed E-state index contributed by atoms with van der Waals surface area (Å²) < 4.78 is 34.1. The van der Waals surface area contributed by atoms with Crippen molar-refractivity contribution in [2.45, 2.75) is 26.7 Å². The van der Waals surface area contributed by atoms with Crippen LogP contribution in [0.2, 0.25) is 0 Å². The number of halogens is 1. The van der Waals surface area contributed by atoms with Gasteiger partial charge in [0, 0.05) is 18.1 Å². The number of aromatic nitrogens is 2. The maximum absolute atomic E-state index is 13.0. The molecule has 174 valence electrons. The normalized spacial score (nSPS) is 10.5. The Morgan fingerprint density at radius 1 is 1.06 bits per heavy atom. The van der Waals surface area contributed by atoms with Crippen molar-refractivity contribution in [2.24, 2.45) is 0 Å². The van der Waals surface area contributed by atoms with Gasteiger partial charge in [0.15, 0.2) is 6.61 Å². The molecular formula is C23H24FN3O6. The van der Waals surface area contributed by atoms with E-state index in [0.29, 0.717) is 36.0 Å². The fraction of sp³-hybridized carbons (Fsp3) is 0.304. The highest BCUT2D eigenvalue weighted by atomic mass is 19.1. The van der Waals surface area contributed by atoms with Gasteiger partial charge in [-0.1, -0.05) is 5.16 Å². The van der Waals surface area contributed by atoms with E-state index >= 15 is 0 Å². The number of hydrogen-bond donors (Lipinski definition) is 1. The summed E-state index contributed by atoms with van der Waals surface area (Å²) in [5.41, 5.74) is 1.01. The third-order valence-electron chi connectivity index (χ3n) is 4.31. The molecule has 0 saturated carbocycles. The van der Waals surface area contributed by atoms with E-state index < -0.39 is 18.5 Å². The molecule has 0 aliphatic heterocycles. The fourth-order valence-electron chi connectivity index (χ4n) is 2.83. The lowest BCUT2D eigenvalue weighted by Crippen LogP contribution is -2.21. The topological polar surface area (TPSA) is 113 Å². The average molecular weight is 457 g/mol. The van der Waals surface area contributed by atoms with Crippen LogP contribution in [0.5, 0.6) is 11.5 Å². The molecule has 3 rings (SSSR count). The Hall–Kier alpha value is -3.95. The van der Waals surface area contributed by atoms with Crippen LogP contribution in [-0.2, 0) is 20.7 Å². The number of hydrogen-bond acceptors (Lipinski definition) is 8. The maximum Gasteiger partial charge on any atom is 0.306 e. The van der Waals surface area contributed by atoms with Crippen molar-refractivity contribution in [3.8, 4) is 22.9 Å². The lowest BCUT2D eigenvalue weighted by atomic mass is 10.2. The first-order valence-electron chi connectivity index (χ1n) is 10.4. The van der Waals surface area contributed by atoms with Crippen LogP contribution in [0.4, 0.5) is 10.1 Å². The van der Waals surface area contributed by atoms with Crippen LogP contribution >= 0.6 is 0 Å². The van der Waals surface area contributed by atoms with Gasteiger partial charge in [0.1, 0.15) is 17.3 Å². The van der Waals surface area contributed by atoms with Crippen LogP contribution in [0.15, 0.2) is 47.0 Å². The second kappa shape index (κ2) is 11.6.